The van der Waals surface area contributed by atoms with E-state index in [1.165, 1.54) is 0 Å². The fourth-order valence-electron chi connectivity index (χ4n) is 2.05. The summed E-state index contributed by atoms with van der Waals surface area (Å²) in [6.07, 6.45) is 6.75. The monoisotopic (exact) mass is 420 g/mol. The van der Waals surface area contributed by atoms with Crippen LogP contribution in [0, 0.1) is 0 Å². The maximum Gasteiger partial charge on any atom is 0.193 e. The van der Waals surface area contributed by atoms with Gasteiger partial charge in [-0.3, -0.25) is 4.99 Å². The molecule has 0 unspecified atom stereocenters. The van der Waals surface area contributed by atoms with E-state index in [9.17, 15) is 0 Å². The summed E-state index contributed by atoms with van der Waals surface area (Å²) in [5.74, 6) is 1.96. The average molecular weight is 420 g/mol. The lowest BCUT2D eigenvalue weighted by Gasteiger charge is -2.21. The van der Waals surface area contributed by atoms with E-state index >= 15 is 0 Å². The van der Waals surface area contributed by atoms with Gasteiger partial charge in [0.1, 0.15) is 12.2 Å². The van der Waals surface area contributed by atoms with Crippen LogP contribution in [0.2, 0.25) is 0 Å². The van der Waals surface area contributed by atoms with Crippen LogP contribution in [0.3, 0.4) is 0 Å². The van der Waals surface area contributed by atoms with Crippen LogP contribution in [-0.4, -0.2) is 52.3 Å². The van der Waals surface area contributed by atoms with Crippen LogP contribution < -0.4 is 5.32 Å². The van der Waals surface area contributed by atoms with Crippen LogP contribution >= 0.6 is 24.0 Å². The number of hydrogen-bond acceptors (Lipinski definition) is 3. The molecule has 0 bridgehead atoms. The Balaban J connectivity index is 0.00000441. The maximum atomic E-state index is 4.67. The SMILES string of the molecule is C=CCCCN(C)C(=NCCn1cnnc1CC)NCC.I. The molecule has 0 aliphatic carbocycles. The second-order valence-electron chi connectivity index (χ2n) is 4.88. The fraction of sp³-hybridized carbons (Fsp3) is 0.667. The number of allylic oxidation sites excluding steroid dienone is 1. The zero-order chi connectivity index (χ0) is 15.5. The molecule has 7 heteroatoms. The molecular weight excluding hydrogens is 391 g/mol. The molecule has 6 nitrogen and oxygen atoms in total. The molecule has 0 spiro atoms. The van der Waals surface area contributed by atoms with Crippen molar-refractivity contribution in [2.75, 3.05) is 26.7 Å². The van der Waals surface area contributed by atoms with Crippen molar-refractivity contribution < 1.29 is 0 Å². The molecule has 0 aliphatic rings. The van der Waals surface area contributed by atoms with Crippen molar-refractivity contribution in [1.82, 2.24) is 25.0 Å². The second-order valence-corrected chi connectivity index (χ2v) is 4.88. The van der Waals surface area contributed by atoms with Gasteiger partial charge in [-0.2, -0.15) is 0 Å². The number of nitrogens with one attached hydrogen (secondary N) is 1. The van der Waals surface area contributed by atoms with Crippen molar-refractivity contribution in [2.45, 2.75) is 39.7 Å². The van der Waals surface area contributed by atoms with Crippen LogP contribution in [0.25, 0.3) is 0 Å². The molecule has 0 fully saturated rings. The van der Waals surface area contributed by atoms with Crippen molar-refractivity contribution in [3.8, 4) is 0 Å². The molecule has 1 aromatic rings. The Morgan fingerprint density at radius 1 is 1.50 bits per heavy atom. The molecule has 0 aliphatic heterocycles. The Hall–Kier alpha value is -1.12. The third kappa shape index (κ3) is 7.24. The maximum absolute atomic E-state index is 4.67. The molecule has 0 saturated carbocycles. The molecule has 1 N–H and O–H groups in total. The zero-order valence-electron chi connectivity index (χ0n) is 14.0. The van der Waals surface area contributed by atoms with Crippen molar-refractivity contribution in [3.05, 3.63) is 24.8 Å². The van der Waals surface area contributed by atoms with E-state index in [0.29, 0.717) is 0 Å². The first kappa shape index (κ1) is 20.9. The van der Waals surface area contributed by atoms with Crippen molar-refractivity contribution in [1.29, 1.82) is 0 Å². The standard InChI is InChI=1S/C15H28N6.HI/c1-5-8-9-11-20(4)15(16-7-3)17-10-12-21-13-18-19-14(21)6-2;/h5,13H,1,6-12H2,2-4H3,(H,16,17);1H. The molecule has 0 saturated heterocycles. The van der Waals surface area contributed by atoms with Gasteiger partial charge in [-0.1, -0.05) is 13.0 Å². The minimum atomic E-state index is 0. The van der Waals surface area contributed by atoms with Gasteiger partial charge in [0.2, 0.25) is 0 Å². The average Bonchev–Trinajstić information content (AvgIpc) is 2.94. The van der Waals surface area contributed by atoms with E-state index < -0.39 is 0 Å². The summed E-state index contributed by atoms with van der Waals surface area (Å²) in [6, 6.07) is 0. The number of unbranched alkanes of at least 4 members (excludes halogenated alkanes) is 1. The first-order chi connectivity index (χ1) is 10.2. The first-order valence-electron chi connectivity index (χ1n) is 7.69. The van der Waals surface area contributed by atoms with E-state index in [-0.39, 0.29) is 24.0 Å². The number of aromatic nitrogens is 3. The smallest absolute Gasteiger partial charge is 0.193 e. The summed E-state index contributed by atoms with van der Waals surface area (Å²) in [6.45, 7) is 11.3. The van der Waals surface area contributed by atoms with E-state index in [2.05, 4.69) is 57.4 Å². The highest BCUT2D eigenvalue weighted by atomic mass is 127. The highest BCUT2D eigenvalue weighted by Gasteiger charge is 2.05. The number of aryl methyl sites for hydroxylation is 1. The molecule has 0 radical (unpaired) electrons. The lowest BCUT2D eigenvalue weighted by molar-refractivity contribution is 0.469. The van der Waals surface area contributed by atoms with Gasteiger partial charge in [-0.05, 0) is 19.8 Å². The van der Waals surface area contributed by atoms with Gasteiger partial charge in [-0.15, -0.1) is 40.8 Å². The third-order valence-corrected chi connectivity index (χ3v) is 3.21. The number of aliphatic imine (C=N–C) groups is 1. The lowest BCUT2D eigenvalue weighted by Crippen LogP contribution is -2.39. The molecule has 0 atom stereocenters. The summed E-state index contributed by atoms with van der Waals surface area (Å²) >= 11 is 0. The van der Waals surface area contributed by atoms with E-state index in [1.54, 1.807) is 6.33 Å². The fourth-order valence-corrected chi connectivity index (χ4v) is 2.05. The largest absolute Gasteiger partial charge is 0.357 e. The second kappa shape index (κ2) is 12.4. The predicted molar refractivity (Wildman–Crippen MR) is 103 cm³/mol. The quantitative estimate of drug-likeness (QED) is 0.219. The summed E-state index contributed by atoms with van der Waals surface area (Å²) in [7, 11) is 2.07. The summed E-state index contributed by atoms with van der Waals surface area (Å²) in [5, 5.41) is 11.4. The molecule has 1 aromatic heterocycles. The molecule has 126 valence electrons. The number of guanidine groups is 1. The van der Waals surface area contributed by atoms with Crippen LogP contribution in [0.4, 0.5) is 0 Å². The number of rotatable bonds is 9. The van der Waals surface area contributed by atoms with Gasteiger partial charge < -0.3 is 14.8 Å². The third-order valence-electron chi connectivity index (χ3n) is 3.21. The van der Waals surface area contributed by atoms with Gasteiger partial charge in [0, 0.05) is 33.1 Å². The highest BCUT2D eigenvalue weighted by molar-refractivity contribution is 14.0. The lowest BCUT2D eigenvalue weighted by atomic mass is 10.3. The van der Waals surface area contributed by atoms with E-state index in [4.69, 9.17) is 0 Å². The van der Waals surface area contributed by atoms with Gasteiger partial charge in [0.05, 0.1) is 6.54 Å². The van der Waals surface area contributed by atoms with Crippen molar-refractivity contribution in [2.24, 2.45) is 4.99 Å². The number of halogens is 1. The molecule has 1 heterocycles. The molecular formula is C15H29IN6. The normalized spacial score (nSPS) is 11.0. The van der Waals surface area contributed by atoms with E-state index in [0.717, 1.165) is 57.2 Å². The highest BCUT2D eigenvalue weighted by Crippen LogP contribution is 1.98. The van der Waals surface area contributed by atoms with Gasteiger partial charge in [0.25, 0.3) is 0 Å². The van der Waals surface area contributed by atoms with Crippen molar-refractivity contribution >= 4 is 29.9 Å². The first-order valence-corrected chi connectivity index (χ1v) is 7.69. The Morgan fingerprint density at radius 3 is 2.91 bits per heavy atom. The van der Waals surface area contributed by atoms with Gasteiger partial charge in [-0.25, -0.2) is 0 Å². The Kier molecular flexibility index (Phi) is 11.8. The molecule has 0 aromatic carbocycles. The summed E-state index contributed by atoms with van der Waals surface area (Å²) in [5.41, 5.74) is 0. The molecule has 0 amide bonds. The van der Waals surface area contributed by atoms with Crippen molar-refractivity contribution in [3.63, 3.8) is 0 Å². The van der Waals surface area contributed by atoms with Crippen LogP contribution in [0.15, 0.2) is 24.0 Å². The Labute approximate surface area is 151 Å². The van der Waals surface area contributed by atoms with Crippen LogP contribution in [-0.2, 0) is 13.0 Å². The van der Waals surface area contributed by atoms with Gasteiger partial charge in [0.15, 0.2) is 5.96 Å². The minimum absolute atomic E-state index is 0. The minimum Gasteiger partial charge on any atom is -0.357 e. The molecule has 22 heavy (non-hydrogen) atoms. The summed E-state index contributed by atoms with van der Waals surface area (Å²) < 4.78 is 2.06. The van der Waals surface area contributed by atoms with Crippen LogP contribution in [0.1, 0.15) is 32.5 Å². The zero-order valence-corrected chi connectivity index (χ0v) is 16.3. The van der Waals surface area contributed by atoms with E-state index in [1.807, 2.05) is 6.08 Å². The van der Waals surface area contributed by atoms with Gasteiger partial charge >= 0.3 is 0 Å². The Bertz CT molecular complexity index is 443. The number of nitrogens with zero attached hydrogens (tertiary/aromatic N) is 5. The Morgan fingerprint density at radius 2 is 2.27 bits per heavy atom. The predicted octanol–water partition coefficient (Wildman–Crippen LogP) is 2.32. The number of hydrogen-bond donors (Lipinski definition) is 1. The summed E-state index contributed by atoms with van der Waals surface area (Å²) in [4.78, 5) is 6.84. The van der Waals surface area contributed by atoms with Crippen LogP contribution in [0.5, 0.6) is 0 Å². The molecule has 1 rings (SSSR count). The topological polar surface area (TPSA) is 58.3 Å².